The molecular formula is C11H12ClNO2. The van der Waals surface area contributed by atoms with Crippen LogP contribution < -0.4 is 5.73 Å². The van der Waals surface area contributed by atoms with Gasteiger partial charge < -0.3 is 10.8 Å². The van der Waals surface area contributed by atoms with Crippen molar-refractivity contribution in [1.29, 1.82) is 0 Å². The monoisotopic (exact) mass is 225 g/mol. The number of nitrogens with two attached hydrogens (primary N) is 1. The fourth-order valence-electron chi connectivity index (χ4n) is 2.01. The van der Waals surface area contributed by atoms with Crippen LogP contribution >= 0.6 is 11.6 Å². The van der Waals surface area contributed by atoms with Gasteiger partial charge in [-0.05, 0) is 12.5 Å². The Morgan fingerprint density at radius 3 is 2.67 bits per heavy atom. The number of carbonyl (C=O) groups is 1. The SMILES string of the molecule is N[C@@]1(c2ccccc2Cl)C(=O)CC[C@H]1O. The molecule has 15 heavy (non-hydrogen) atoms. The van der Waals surface area contributed by atoms with E-state index in [0.29, 0.717) is 23.4 Å². The summed E-state index contributed by atoms with van der Waals surface area (Å²) in [5.74, 6) is -0.150. The molecule has 1 aromatic carbocycles. The molecular weight excluding hydrogens is 214 g/mol. The number of rotatable bonds is 1. The van der Waals surface area contributed by atoms with Gasteiger partial charge in [0.1, 0.15) is 5.54 Å². The number of hydrogen-bond acceptors (Lipinski definition) is 3. The lowest BCUT2D eigenvalue weighted by Crippen LogP contribution is -2.49. The van der Waals surface area contributed by atoms with E-state index < -0.39 is 11.6 Å². The first kappa shape index (κ1) is 10.6. The van der Waals surface area contributed by atoms with Crippen LogP contribution in [0.2, 0.25) is 5.02 Å². The van der Waals surface area contributed by atoms with E-state index >= 15 is 0 Å². The normalized spacial score (nSPS) is 30.9. The van der Waals surface area contributed by atoms with Crippen molar-refractivity contribution < 1.29 is 9.90 Å². The van der Waals surface area contributed by atoms with Gasteiger partial charge >= 0.3 is 0 Å². The highest BCUT2D eigenvalue weighted by molar-refractivity contribution is 6.31. The van der Waals surface area contributed by atoms with Gasteiger partial charge in [-0.1, -0.05) is 29.8 Å². The average molecular weight is 226 g/mol. The Bertz CT molecular complexity index is 407. The zero-order valence-corrected chi connectivity index (χ0v) is 8.87. The molecule has 80 valence electrons. The summed E-state index contributed by atoms with van der Waals surface area (Å²) >= 11 is 5.98. The maximum absolute atomic E-state index is 11.7. The minimum absolute atomic E-state index is 0.150. The first-order valence-corrected chi connectivity index (χ1v) is 5.20. The summed E-state index contributed by atoms with van der Waals surface area (Å²) in [6.07, 6.45) is -0.131. The zero-order chi connectivity index (χ0) is 11.1. The van der Waals surface area contributed by atoms with Gasteiger partial charge in [0, 0.05) is 17.0 Å². The molecule has 0 aliphatic heterocycles. The van der Waals surface area contributed by atoms with Crippen molar-refractivity contribution in [2.45, 2.75) is 24.5 Å². The van der Waals surface area contributed by atoms with Gasteiger partial charge in [0.25, 0.3) is 0 Å². The van der Waals surface area contributed by atoms with Crippen LogP contribution in [-0.4, -0.2) is 17.0 Å². The quantitative estimate of drug-likeness (QED) is 0.756. The Hall–Kier alpha value is -0.900. The minimum atomic E-state index is -1.32. The van der Waals surface area contributed by atoms with Gasteiger partial charge in [0.2, 0.25) is 0 Å². The first-order valence-electron chi connectivity index (χ1n) is 4.82. The Morgan fingerprint density at radius 2 is 2.13 bits per heavy atom. The highest BCUT2D eigenvalue weighted by Gasteiger charge is 2.48. The zero-order valence-electron chi connectivity index (χ0n) is 8.11. The molecule has 3 N–H and O–H groups in total. The summed E-state index contributed by atoms with van der Waals surface area (Å²) in [7, 11) is 0. The Labute approximate surface area is 92.8 Å². The number of hydrogen-bond donors (Lipinski definition) is 2. The fourth-order valence-corrected chi connectivity index (χ4v) is 2.31. The molecule has 0 radical (unpaired) electrons. The molecule has 0 spiro atoms. The van der Waals surface area contributed by atoms with Crippen molar-refractivity contribution in [3.63, 3.8) is 0 Å². The summed E-state index contributed by atoms with van der Waals surface area (Å²) in [5.41, 5.74) is 5.18. The lowest BCUT2D eigenvalue weighted by atomic mass is 9.86. The molecule has 1 aromatic rings. The van der Waals surface area contributed by atoms with Crippen molar-refractivity contribution in [2.24, 2.45) is 5.73 Å². The van der Waals surface area contributed by atoms with E-state index in [9.17, 15) is 9.90 Å². The van der Waals surface area contributed by atoms with Crippen LogP contribution in [-0.2, 0) is 10.3 Å². The molecule has 0 amide bonds. The second kappa shape index (κ2) is 3.59. The summed E-state index contributed by atoms with van der Waals surface area (Å²) in [6.45, 7) is 0. The van der Waals surface area contributed by atoms with E-state index in [2.05, 4.69) is 0 Å². The molecule has 2 rings (SSSR count). The molecule has 2 atom stereocenters. The number of carbonyl (C=O) groups excluding carboxylic acids is 1. The van der Waals surface area contributed by atoms with E-state index in [-0.39, 0.29) is 5.78 Å². The van der Waals surface area contributed by atoms with Crippen LogP contribution in [0.25, 0.3) is 0 Å². The molecule has 0 aromatic heterocycles. The van der Waals surface area contributed by atoms with Crippen LogP contribution in [0, 0.1) is 0 Å². The number of halogens is 1. The van der Waals surface area contributed by atoms with Crippen LogP contribution in [0.5, 0.6) is 0 Å². The van der Waals surface area contributed by atoms with E-state index in [1.165, 1.54) is 0 Å². The summed E-state index contributed by atoms with van der Waals surface area (Å²) in [6, 6.07) is 6.88. The van der Waals surface area contributed by atoms with Gasteiger partial charge in [0.05, 0.1) is 6.10 Å². The largest absolute Gasteiger partial charge is 0.390 e. The smallest absolute Gasteiger partial charge is 0.160 e. The maximum Gasteiger partial charge on any atom is 0.160 e. The maximum atomic E-state index is 11.7. The number of ketones is 1. The fraction of sp³-hybridized carbons (Fsp3) is 0.364. The van der Waals surface area contributed by atoms with E-state index in [1.54, 1.807) is 24.3 Å². The van der Waals surface area contributed by atoms with Crippen LogP contribution in [0.3, 0.4) is 0 Å². The average Bonchev–Trinajstić information content (AvgIpc) is 2.48. The molecule has 1 aliphatic carbocycles. The van der Waals surface area contributed by atoms with Gasteiger partial charge in [-0.3, -0.25) is 4.79 Å². The van der Waals surface area contributed by atoms with Crippen LogP contribution in [0.1, 0.15) is 18.4 Å². The number of aliphatic hydroxyl groups excluding tert-OH is 1. The van der Waals surface area contributed by atoms with E-state index in [1.807, 2.05) is 0 Å². The molecule has 0 bridgehead atoms. The summed E-state index contributed by atoms with van der Waals surface area (Å²) in [5, 5.41) is 10.2. The summed E-state index contributed by atoms with van der Waals surface area (Å²) in [4.78, 5) is 11.7. The van der Waals surface area contributed by atoms with Crippen molar-refractivity contribution in [3.05, 3.63) is 34.9 Å². The number of Topliss-reactive ketones (excluding diaryl/α,β-unsaturated/α-hetero) is 1. The second-order valence-corrected chi connectivity index (χ2v) is 4.23. The minimum Gasteiger partial charge on any atom is -0.390 e. The number of benzene rings is 1. The van der Waals surface area contributed by atoms with E-state index in [0.717, 1.165) is 0 Å². The topological polar surface area (TPSA) is 63.3 Å². The summed E-state index contributed by atoms with van der Waals surface area (Å²) < 4.78 is 0. The standard InChI is InChI=1S/C11H12ClNO2/c12-8-4-2-1-3-7(8)11(13)9(14)5-6-10(11)15/h1-4,9,14H,5-6,13H2/t9-,11-/m1/s1. The lowest BCUT2D eigenvalue weighted by Gasteiger charge is -2.27. The van der Waals surface area contributed by atoms with Crippen LogP contribution in [0.4, 0.5) is 0 Å². The molecule has 0 heterocycles. The van der Waals surface area contributed by atoms with Crippen molar-refractivity contribution in [3.8, 4) is 0 Å². The third-order valence-corrected chi connectivity index (χ3v) is 3.28. The van der Waals surface area contributed by atoms with Gasteiger partial charge in [-0.15, -0.1) is 0 Å². The molecule has 3 nitrogen and oxygen atoms in total. The van der Waals surface area contributed by atoms with Crippen molar-refractivity contribution in [1.82, 2.24) is 0 Å². The lowest BCUT2D eigenvalue weighted by molar-refractivity contribution is -0.123. The van der Waals surface area contributed by atoms with Gasteiger partial charge in [0.15, 0.2) is 5.78 Å². The van der Waals surface area contributed by atoms with E-state index in [4.69, 9.17) is 17.3 Å². The molecule has 1 aliphatic rings. The first-order chi connectivity index (χ1) is 7.06. The molecule has 1 saturated carbocycles. The highest BCUT2D eigenvalue weighted by Crippen LogP contribution is 2.37. The Balaban J connectivity index is 2.54. The third kappa shape index (κ3) is 1.47. The van der Waals surface area contributed by atoms with Gasteiger partial charge in [-0.25, -0.2) is 0 Å². The van der Waals surface area contributed by atoms with Crippen LogP contribution in [0.15, 0.2) is 24.3 Å². The highest BCUT2D eigenvalue weighted by atomic mass is 35.5. The molecule has 1 fully saturated rings. The molecule has 0 saturated heterocycles. The predicted octanol–water partition coefficient (Wildman–Crippen LogP) is 1.22. The van der Waals surface area contributed by atoms with Crippen molar-refractivity contribution >= 4 is 17.4 Å². The van der Waals surface area contributed by atoms with Crippen molar-refractivity contribution in [2.75, 3.05) is 0 Å². The predicted molar refractivity (Wildman–Crippen MR) is 57.6 cm³/mol. The Morgan fingerprint density at radius 1 is 1.47 bits per heavy atom. The molecule has 0 unspecified atom stereocenters. The third-order valence-electron chi connectivity index (χ3n) is 2.95. The Kier molecular flexibility index (Phi) is 2.54. The molecule has 4 heteroatoms. The second-order valence-electron chi connectivity index (χ2n) is 3.83. The van der Waals surface area contributed by atoms with Gasteiger partial charge in [-0.2, -0.15) is 0 Å². The number of aliphatic hydroxyl groups is 1.